The first kappa shape index (κ1) is 8.89. The maximum atomic E-state index is 8.82. The summed E-state index contributed by atoms with van der Waals surface area (Å²) >= 11 is 0. The van der Waals surface area contributed by atoms with Crippen LogP contribution in [-0.4, -0.2) is 36.3 Å². The molecule has 0 aliphatic heterocycles. The number of nitrogens with zero attached hydrogens (tertiary/aromatic N) is 5. The van der Waals surface area contributed by atoms with E-state index in [-0.39, 0.29) is 6.61 Å². The molecular formula is C8H11N5O. The average Bonchev–Trinajstić information content (AvgIpc) is 2.74. The highest BCUT2D eigenvalue weighted by Crippen LogP contribution is 2.15. The third-order valence-corrected chi connectivity index (χ3v) is 2.01. The Labute approximate surface area is 80.8 Å². The van der Waals surface area contributed by atoms with Gasteiger partial charge < -0.3 is 9.67 Å². The number of aliphatic hydroxyl groups excluding tert-OH is 1. The average molecular weight is 193 g/mol. The van der Waals surface area contributed by atoms with Crippen LogP contribution in [0.1, 0.15) is 0 Å². The second kappa shape index (κ2) is 3.59. The Bertz CT molecular complexity index is 419. The highest BCUT2D eigenvalue weighted by molar-refractivity contribution is 5.52. The minimum Gasteiger partial charge on any atom is -0.394 e. The standard InChI is InChI=1S/C8H11N5O/c1-12-6-9-4-7(12)8-5-10-11-13(8)2-3-14/h4-6,14H,2-3H2,1H3. The summed E-state index contributed by atoms with van der Waals surface area (Å²) in [7, 11) is 1.90. The Morgan fingerprint density at radius 1 is 1.36 bits per heavy atom. The fourth-order valence-electron chi connectivity index (χ4n) is 1.32. The third kappa shape index (κ3) is 1.39. The highest BCUT2D eigenvalue weighted by Gasteiger charge is 2.08. The lowest BCUT2D eigenvalue weighted by atomic mass is 10.3. The largest absolute Gasteiger partial charge is 0.394 e. The summed E-state index contributed by atoms with van der Waals surface area (Å²) in [5, 5.41) is 16.5. The minimum absolute atomic E-state index is 0.0498. The molecule has 0 amide bonds. The van der Waals surface area contributed by atoms with E-state index in [1.54, 1.807) is 23.4 Å². The summed E-state index contributed by atoms with van der Waals surface area (Å²) in [5.41, 5.74) is 1.79. The molecule has 0 bridgehead atoms. The molecule has 0 saturated carbocycles. The number of imidazole rings is 1. The molecule has 1 N–H and O–H groups in total. The fraction of sp³-hybridized carbons (Fsp3) is 0.375. The zero-order chi connectivity index (χ0) is 9.97. The van der Waals surface area contributed by atoms with Gasteiger partial charge in [-0.2, -0.15) is 0 Å². The molecule has 0 atom stereocenters. The van der Waals surface area contributed by atoms with E-state index in [4.69, 9.17) is 5.11 Å². The van der Waals surface area contributed by atoms with Crippen molar-refractivity contribution in [3.63, 3.8) is 0 Å². The first-order chi connectivity index (χ1) is 6.83. The Balaban J connectivity index is 2.41. The van der Waals surface area contributed by atoms with Crippen LogP contribution in [0.25, 0.3) is 11.4 Å². The molecule has 0 unspecified atom stereocenters. The zero-order valence-electron chi connectivity index (χ0n) is 7.83. The van der Waals surface area contributed by atoms with Crippen molar-refractivity contribution in [1.82, 2.24) is 24.5 Å². The predicted octanol–water partition coefficient (Wildman–Crippen LogP) is -0.329. The lowest BCUT2D eigenvalue weighted by molar-refractivity contribution is 0.268. The highest BCUT2D eigenvalue weighted by atomic mass is 16.3. The van der Waals surface area contributed by atoms with Gasteiger partial charge in [0, 0.05) is 7.05 Å². The van der Waals surface area contributed by atoms with Crippen LogP contribution >= 0.6 is 0 Å². The van der Waals surface area contributed by atoms with E-state index < -0.39 is 0 Å². The van der Waals surface area contributed by atoms with Gasteiger partial charge in [-0.25, -0.2) is 9.67 Å². The molecule has 0 fully saturated rings. The smallest absolute Gasteiger partial charge is 0.107 e. The van der Waals surface area contributed by atoms with Crippen molar-refractivity contribution < 1.29 is 5.11 Å². The van der Waals surface area contributed by atoms with Gasteiger partial charge in [0.15, 0.2) is 0 Å². The van der Waals surface area contributed by atoms with Crippen molar-refractivity contribution in [2.75, 3.05) is 6.61 Å². The molecule has 14 heavy (non-hydrogen) atoms. The van der Waals surface area contributed by atoms with Crippen molar-refractivity contribution in [1.29, 1.82) is 0 Å². The van der Waals surface area contributed by atoms with Crippen LogP contribution < -0.4 is 0 Å². The Morgan fingerprint density at radius 2 is 2.21 bits per heavy atom. The monoisotopic (exact) mass is 193 g/mol. The molecule has 0 aliphatic rings. The summed E-state index contributed by atoms with van der Waals surface area (Å²) in [6.45, 7) is 0.495. The number of aryl methyl sites for hydroxylation is 1. The number of rotatable bonds is 3. The van der Waals surface area contributed by atoms with Gasteiger partial charge in [0.1, 0.15) is 5.69 Å². The van der Waals surface area contributed by atoms with E-state index >= 15 is 0 Å². The molecule has 2 aromatic rings. The zero-order valence-corrected chi connectivity index (χ0v) is 7.83. The second-order valence-corrected chi connectivity index (χ2v) is 2.96. The molecule has 6 heteroatoms. The summed E-state index contributed by atoms with van der Waals surface area (Å²) in [6, 6.07) is 0. The van der Waals surface area contributed by atoms with E-state index in [0.717, 1.165) is 11.4 Å². The molecule has 2 rings (SSSR count). The minimum atomic E-state index is 0.0498. The lowest BCUT2D eigenvalue weighted by Crippen LogP contribution is -2.07. The molecule has 0 aliphatic carbocycles. The van der Waals surface area contributed by atoms with E-state index in [1.807, 2.05) is 11.6 Å². The van der Waals surface area contributed by atoms with Crippen LogP contribution in [0.2, 0.25) is 0 Å². The van der Waals surface area contributed by atoms with Gasteiger partial charge in [-0.1, -0.05) is 5.21 Å². The predicted molar refractivity (Wildman–Crippen MR) is 49.3 cm³/mol. The molecule has 0 spiro atoms. The first-order valence-electron chi connectivity index (χ1n) is 4.29. The van der Waals surface area contributed by atoms with Crippen molar-refractivity contribution >= 4 is 0 Å². The van der Waals surface area contributed by atoms with Crippen molar-refractivity contribution in [3.05, 3.63) is 18.7 Å². The first-order valence-corrected chi connectivity index (χ1v) is 4.29. The molecular weight excluding hydrogens is 182 g/mol. The van der Waals surface area contributed by atoms with Gasteiger partial charge in [0.2, 0.25) is 0 Å². The Morgan fingerprint density at radius 3 is 2.86 bits per heavy atom. The molecule has 6 nitrogen and oxygen atoms in total. The van der Waals surface area contributed by atoms with Gasteiger partial charge in [0.25, 0.3) is 0 Å². The van der Waals surface area contributed by atoms with Crippen molar-refractivity contribution in [2.24, 2.45) is 7.05 Å². The molecule has 74 valence electrons. The SMILES string of the molecule is Cn1cncc1-c1cnnn1CCO. The van der Waals surface area contributed by atoms with Crippen LogP contribution in [0.4, 0.5) is 0 Å². The van der Waals surface area contributed by atoms with Crippen LogP contribution in [0.5, 0.6) is 0 Å². The van der Waals surface area contributed by atoms with Crippen LogP contribution in [0.3, 0.4) is 0 Å². The van der Waals surface area contributed by atoms with Gasteiger partial charge in [-0.05, 0) is 0 Å². The maximum absolute atomic E-state index is 8.82. The molecule has 2 heterocycles. The third-order valence-electron chi connectivity index (χ3n) is 2.01. The normalized spacial score (nSPS) is 10.7. The molecule has 2 aromatic heterocycles. The molecule has 0 saturated heterocycles. The Kier molecular flexibility index (Phi) is 2.28. The quantitative estimate of drug-likeness (QED) is 0.724. The summed E-state index contributed by atoms with van der Waals surface area (Å²) in [5.74, 6) is 0. The van der Waals surface area contributed by atoms with E-state index in [9.17, 15) is 0 Å². The van der Waals surface area contributed by atoms with Crippen LogP contribution in [-0.2, 0) is 13.6 Å². The van der Waals surface area contributed by atoms with Gasteiger partial charge in [0.05, 0.1) is 37.6 Å². The topological polar surface area (TPSA) is 68.8 Å². The number of hydrogen-bond acceptors (Lipinski definition) is 4. The van der Waals surface area contributed by atoms with Gasteiger partial charge in [-0.15, -0.1) is 5.10 Å². The summed E-state index contributed by atoms with van der Waals surface area (Å²) in [4.78, 5) is 4.01. The second-order valence-electron chi connectivity index (χ2n) is 2.96. The van der Waals surface area contributed by atoms with Gasteiger partial charge in [-0.3, -0.25) is 0 Å². The van der Waals surface area contributed by atoms with Crippen molar-refractivity contribution in [2.45, 2.75) is 6.54 Å². The lowest BCUT2D eigenvalue weighted by Gasteiger charge is -2.03. The fourth-order valence-corrected chi connectivity index (χ4v) is 1.32. The van der Waals surface area contributed by atoms with Gasteiger partial charge >= 0.3 is 0 Å². The number of aromatic nitrogens is 5. The summed E-state index contributed by atoms with van der Waals surface area (Å²) in [6.07, 6.45) is 5.12. The van der Waals surface area contributed by atoms with E-state index in [1.165, 1.54) is 0 Å². The summed E-state index contributed by atoms with van der Waals surface area (Å²) < 4.78 is 3.53. The maximum Gasteiger partial charge on any atom is 0.107 e. The number of aliphatic hydroxyl groups is 1. The molecule has 0 aromatic carbocycles. The molecule has 0 radical (unpaired) electrons. The van der Waals surface area contributed by atoms with Crippen LogP contribution in [0.15, 0.2) is 18.7 Å². The Hall–Kier alpha value is -1.69. The van der Waals surface area contributed by atoms with Crippen LogP contribution in [0, 0.1) is 0 Å². The van der Waals surface area contributed by atoms with E-state index in [2.05, 4.69) is 15.3 Å². The number of hydrogen-bond donors (Lipinski definition) is 1. The van der Waals surface area contributed by atoms with Crippen molar-refractivity contribution in [3.8, 4) is 11.4 Å². The van der Waals surface area contributed by atoms with E-state index in [0.29, 0.717) is 6.54 Å².